The van der Waals surface area contributed by atoms with Crippen molar-refractivity contribution in [2.24, 2.45) is 11.8 Å². The zero-order valence-electron chi connectivity index (χ0n) is 16.1. The van der Waals surface area contributed by atoms with Gasteiger partial charge in [-0.25, -0.2) is 0 Å². The average Bonchev–Trinajstić information content (AvgIpc) is 2.95. The number of unbranched alkanes of at least 4 members (excludes halogenated alkanes) is 3. The van der Waals surface area contributed by atoms with Gasteiger partial charge in [0.2, 0.25) is 0 Å². The smallest absolute Gasteiger partial charge is 0.303 e. The number of fused-ring (bicyclic) bond motifs is 1. The number of aliphatic carboxylic acids is 1. The number of hydrogen-bond donors (Lipinski definition) is 2. The topological polar surface area (TPSA) is 66.8 Å². The molecule has 4 atom stereocenters. The number of carboxylic acids is 1. The van der Waals surface area contributed by atoms with Crippen LogP contribution in [0.2, 0.25) is 0 Å². The Labute approximate surface area is 171 Å². The summed E-state index contributed by atoms with van der Waals surface area (Å²) in [4.78, 5) is 10.6. The number of rotatable bonds is 10. The van der Waals surface area contributed by atoms with Gasteiger partial charge in [-0.2, -0.15) is 0 Å². The van der Waals surface area contributed by atoms with Crippen LogP contribution in [0.15, 0.2) is 42.5 Å². The minimum atomic E-state index is -0.731. The molecule has 1 aliphatic carbocycles. The maximum Gasteiger partial charge on any atom is 0.303 e. The number of halogens is 1. The number of aliphatic hydroxyl groups excluding tert-OH is 1. The van der Waals surface area contributed by atoms with Crippen molar-refractivity contribution in [2.75, 3.05) is 6.61 Å². The molecular weight excluding hydrogens is 376 g/mol. The molecule has 2 aromatic rings. The Morgan fingerprint density at radius 3 is 2.61 bits per heavy atom. The first-order valence-electron chi connectivity index (χ1n) is 10.2. The van der Waals surface area contributed by atoms with E-state index < -0.39 is 12.1 Å². The normalized spacial score (nSPS) is 24.5. The first kappa shape index (κ1) is 20.9. The summed E-state index contributed by atoms with van der Waals surface area (Å²) >= 11 is 6.53. The van der Waals surface area contributed by atoms with Crippen LogP contribution in [0.3, 0.4) is 0 Å². The maximum atomic E-state index is 10.6. The Morgan fingerprint density at radius 2 is 1.79 bits per heavy atom. The lowest BCUT2D eigenvalue weighted by molar-refractivity contribution is -0.137. The zero-order valence-corrected chi connectivity index (χ0v) is 16.9. The second kappa shape index (κ2) is 10.1. The van der Waals surface area contributed by atoms with Crippen molar-refractivity contribution in [2.45, 2.75) is 56.4 Å². The number of alkyl halides is 1. The third-order valence-corrected chi connectivity index (χ3v) is 6.34. The molecule has 5 heteroatoms. The summed E-state index contributed by atoms with van der Waals surface area (Å²) in [5.74, 6) is 0.368. The van der Waals surface area contributed by atoms with E-state index in [9.17, 15) is 9.90 Å². The van der Waals surface area contributed by atoms with Crippen molar-refractivity contribution in [3.63, 3.8) is 0 Å². The highest BCUT2D eigenvalue weighted by molar-refractivity contribution is 6.21. The van der Waals surface area contributed by atoms with Gasteiger partial charge in [-0.15, -0.1) is 11.6 Å². The van der Waals surface area contributed by atoms with E-state index in [2.05, 4.69) is 18.2 Å². The number of benzene rings is 2. The third-order valence-electron chi connectivity index (χ3n) is 5.83. The highest BCUT2D eigenvalue weighted by Gasteiger charge is 2.41. The fraction of sp³-hybridized carbons (Fsp3) is 0.522. The van der Waals surface area contributed by atoms with E-state index >= 15 is 0 Å². The van der Waals surface area contributed by atoms with Gasteiger partial charge in [0, 0.05) is 23.1 Å². The molecule has 152 valence electrons. The van der Waals surface area contributed by atoms with Crippen molar-refractivity contribution in [3.05, 3.63) is 42.5 Å². The van der Waals surface area contributed by atoms with E-state index in [1.807, 2.05) is 24.3 Å². The predicted molar refractivity (Wildman–Crippen MR) is 112 cm³/mol. The summed E-state index contributed by atoms with van der Waals surface area (Å²) in [5.41, 5.74) is 0. The van der Waals surface area contributed by atoms with E-state index in [0.29, 0.717) is 13.0 Å². The van der Waals surface area contributed by atoms with Gasteiger partial charge in [-0.3, -0.25) is 4.79 Å². The monoisotopic (exact) mass is 404 g/mol. The Kier molecular flexibility index (Phi) is 7.57. The van der Waals surface area contributed by atoms with E-state index in [1.54, 1.807) is 0 Å². The maximum absolute atomic E-state index is 10.6. The molecule has 2 aromatic carbocycles. The molecule has 2 N–H and O–H groups in total. The lowest BCUT2D eigenvalue weighted by atomic mass is 9.90. The van der Waals surface area contributed by atoms with Gasteiger partial charge in [0.1, 0.15) is 5.75 Å². The summed E-state index contributed by atoms with van der Waals surface area (Å²) in [7, 11) is 0. The minimum Gasteiger partial charge on any atom is -0.493 e. The number of carbonyl (C=O) groups is 1. The molecule has 0 unspecified atom stereocenters. The fourth-order valence-corrected chi connectivity index (χ4v) is 4.78. The third kappa shape index (κ3) is 5.39. The van der Waals surface area contributed by atoms with Crippen LogP contribution in [0, 0.1) is 11.8 Å². The van der Waals surface area contributed by atoms with E-state index in [4.69, 9.17) is 21.4 Å². The Hall–Kier alpha value is -1.78. The molecule has 0 heterocycles. The molecule has 0 radical (unpaired) electrons. The molecule has 1 aliphatic rings. The number of aliphatic hydroxyl groups is 1. The zero-order chi connectivity index (χ0) is 19.9. The highest BCUT2D eigenvalue weighted by Crippen LogP contribution is 2.40. The molecule has 0 aliphatic heterocycles. The van der Waals surface area contributed by atoms with Gasteiger partial charge in [0.15, 0.2) is 0 Å². The molecule has 28 heavy (non-hydrogen) atoms. The Morgan fingerprint density at radius 1 is 1.04 bits per heavy atom. The molecule has 0 saturated heterocycles. The van der Waals surface area contributed by atoms with Crippen molar-refractivity contribution >= 4 is 28.3 Å². The first-order chi connectivity index (χ1) is 13.6. The van der Waals surface area contributed by atoms with Gasteiger partial charge in [-0.05, 0) is 36.6 Å². The number of carboxylic acid groups (broad SMARTS) is 1. The molecule has 3 rings (SSSR count). The second-order valence-electron chi connectivity index (χ2n) is 7.78. The lowest BCUT2D eigenvalue weighted by Crippen LogP contribution is -2.27. The van der Waals surface area contributed by atoms with Crippen LogP contribution in [-0.4, -0.2) is 34.3 Å². The van der Waals surface area contributed by atoms with E-state index in [0.717, 1.165) is 48.6 Å². The van der Waals surface area contributed by atoms with Crippen molar-refractivity contribution in [1.82, 2.24) is 0 Å². The second-order valence-corrected chi connectivity index (χ2v) is 8.34. The van der Waals surface area contributed by atoms with E-state index in [1.165, 1.54) is 0 Å². The van der Waals surface area contributed by atoms with Crippen LogP contribution in [-0.2, 0) is 4.79 Å². The predicted octanol–water partition coefficient (Wildman–Crippen LogP) is 5.25. The van der Waals surface area contributed by atoms with Gasteiger partial charge in [0.05, 0.1) is 12.7 Å². The summed E-state index contributed by atoms with van der Waals surface area (Å²) in [6.07, 6.45) is 5.00. The van der Waals surface area contributed by atoms with Gasteiger partial charge in [-0.1, -0.05) is 55.7 Å². The molecule has 0 amide bonds. The van der Waals surface area contributed by atoms with Crippen LogP contribution in [0.25, 0.3) is 10.8 Å². The summed E-state index contributed by atoms with van der Waals surface area (Å²) in [6, 6.07) is 14.2. The van der Waals surface area contributed by atoms with Crippen molar-refractivity contribution in [1.29, 1.82) is 0 Å². The summed E-state index contributed by atoms with van der Waals surface area (Å²) in [5, 5.41) is 21.4. The molecule has 1 saturated carbocycles. The fourth-order valence-electron chi connectivity index (χ4n) is 4.28. The van der Waals surface area contributed by atoms with Crippen molar-refractivity contribution < 1.29 is 19.7 Å². The minimum absolute atomic E-state index is 0.0282. The Bertz CT molecular complexity index is 773. The average molecular weight is 405 g/mol. The molecular formula is C23H29ClO4. The van der Waals surface area contributed by atoms with Gasteiger partial charge >= 0.3 is 5.97 Å². The van der Waals surface area contributed by atoms with Crippen molar-refractivity contribution in [3.8, 4) is 5.75 Å². The van der Waals surface area contributed by atoms with Crippen LogP contribution < -0.4 is 4.74 Å². The first-order valence-corrected chi connectivity index (χ1v) is 10.6. The highest BCUT2D eigenvalue weighted by atomic mass is 35.5. The SMILES string of the molecule is O=C(O)CCCCCC[C@@H]1[C@@H](COc2cccc3ccccc23)[C@H](O)C[C@@H]1Cl. The summed E-state index contributed by atoms with van der Waals surface area (Å²) < 4.78 is 6.14. The van der Waals surface area contributed by atoms with E-state index in [-0.39, 0.29) is 23.6 Å². The molecule has 0 spiro atoms. The standard InChI is InChI=1S/C23H29ClO4/c24-20-14-21(25)19(18(20)11-3-1-2-4-13-23(26)27)15-28-22-12-7-9-16-8-5-6-10-17(16)22/h5-10,12,18-21,25H,1-4,11,13-15H2,(H,26,27)/t18-,19-,20+,21-/m1/s1. The van der Waals surface area contributed by atoms with Gasteiger partial charge in [0.25, 0.3) is 0 Å². The van der Waals surface area contributed by atoms with Crippen LogP contribution in [0.1, 0.15) is 44.9 Å². The van der Waals surface area contributed by atoms with Crippen LogP contribution >= 0.6 is 11.6 Å². The molecule has 0 bridgehead atoms. The number of ether oxygens (including phenoxy) is 1. The van der Waals surface area contributed by atoms with Gasteiger partial charge < -0.3 is 14.9 Å². The molecule has 1 fully saturated rings. The Balaban J connectivity index is 1.54. The number of hydrogen-bond acceptors (Lipinski definition) is 3. The largest absolute Gasteiger partial charge is 0.493 e. The molecule has 4 nitrogen and oxygen atoms in total. The summed E-state index contributed by atoms with van der Waals surface area (Å²) in [6.45, 7) is 0.460. The van der Waals surface area contributed by atoms with Crippen LogP contribution in [0.4, 0.5) is 0 Å². The molecule has 0 aromatic heterocycles. The quantitative estimate of drug-likeness (QED) is 0.419. The van der Waals surface area contributed by atoms with Crippen LogP contribution in [0.5, 0.6) is 5.75 Å². The lowest BCUT2D eigenvalue weighted by Gasteiger charge is -2.24.